The van der Waals surface area contributed by atoms with Gasteiger partial charge < -0.3 is 10.3 Å². The number of amides is 1. The van der Waals surface area contributed by atoms with Crippen LogP contribution in [0.3, 0.4) is 0 Å². The summed E-state index contributed by atoms with van der Waals surface area (Å²) in [5, 5.41) is 2.63. The fraction of sp³-hybridized carbons (Fsp3) is 0.273. The van der Waals surface area contributed by atoms with Gasteiger partial charge in [-0.25, -0.2) is 9.37 Å². The molecule has 2 aromatic rings. The number of fused-ring (bicyclic) bond motifs is 1. The SMILES string of the molecule is Cn1c(NC(=O)CCN)nc2cc(F)ccc21. The average Bonchev–Trinajstić information content (AvgIpc) is 2.55. The minimum Gasteiger partial charge on any atom is -0.330 e. The van der Waals surface area contributed by atoms with E-state index in [-0.39, 0.29) is 24.7 Å². The van der Waals surface area contributed by atoms with E-state index in [1.807, 2.05) is 0 Å². The zero-order chi connectivity index (χ0) is 12.4. The molecule has 5 nitrogen and oxygen atoms in total. The van der Waals surface area contributed by atoms with Crippen LogP contribution in [0, 0.1) is 5.82 Å². The Kier molecular flexibility index (Phi) is 3.06. The summed E-state index contributed by atoms with van der Waals surface area (Å²) < 4.78 is 14.7. The number of nitrogens with two attached hydrogens (primary N) is 1. The first kappa shape index (κ1) is 11.5. The van der Waals surface area contributed by atoms with Gasteiger partial charge in [-0.2, -0.15) is 0 Å². The second-order valence-electron chi connectivity index (χ2n) is 3.71. The summed E-state index contributed by atoms with van der Waals surface area (Å²) in [6, 6.07) is 4.31. The van der Waals surface area contributed by atoms with Crippen LogP contribution in [-0.2, 0) is 11.8 Å². The van der Waals surface area contributed by atoms with E-state index in [0.717, 1.165) is 5.52 Å². The topological polar surface area (TPSA) is 72.9 Å². The molecule has 1 aromatic carbocycles. The van der Waals surface area contributed by atoms with Crippen molar-refractivity contribution in [1.29, 1.82) is 0 Å². The maximum Gasteiger partial charge on any atom is 0.227 e. The molecule has 0 bridgehead atoms. The minimum atomic E-state index is -0.351. The van der Waals surface area contributed by atoms with Gasteiger partial charge in [0.15, 0.2) is 0 Å². The molecule has 2 rings (SSSR count). The summed E-state index contributed by atoms with van der Waals surface area (Å²) in [5.74, 6) is -0.161. The molecule has 0 atom stereocenters. The van der Waals surface area contributed by atoms with Crippen LogP contribution in [0.15, 0.2) is 18.2 Å². The van der Waals surface area contributed by atoms with Crippen LogP contribution in [0.25, 0.3) is 11.0 Å². The lowest BCUT2D eigenvalue weighted by molar-refractivity contribution is -0.116. The minimum absolute atomic E-state index is 0.202. The Morgan fingerprint density at radius 2 is 2.35 bits per heavy atom. The summed E-state index contributed by atoms with van der Waals surface area (Å²) in [6.45, 7) is 0.282. The fourth-order valence-corrected chi connectivity index (χ4v) is 1.60. The number of aromatic nitrogens is 2. The molecule has 1 heterocycles. The molecule has 0 fully saturated rings. The van der Waals surface area contributed by atoms with Crippen molar-refractivity contribution in [2.75, 3.05) is 11.9 Å². The second kappa shape index (κ2) is 4.50. The Balaban J connectivity index is 2.35. The molecule has 3 N–H and O–H groups in total. The monoisotopic (exact) mass is 236 g/mol. The number of aryl methyl sites for hydroxylation is 1. The smallest absolute Gasteiger partial charge is 0.227 e. The first-order valence-electron chi connectivity index (χ1n) is 5.23. The van der Waals surface area contributed by atoms with Crippen LogP contribution in [0.1, 0.15) is 6.42 Å². The van der Waals surface area contributed by atoms with Gasteiger partial charge >= 0.3 is 0 Å². The number of nitrogens with zero attached hydrogens (tertiary/aromatic N) is 2. The molecular weight excluding hydrogens is 223 g/mol. The Bertz CT molecular complexity index is 564. The van der Waals surface area contributed by atoms with Crippen LogP contribution < -0.4 is 11.1 Å². The van der Waals surface area contributed by atoms with Gasteiger partial charge in [0.1, 0.15) is 5.82 Å². The van der Waals surface area contributed by atoms with Gasteiger partial charge in [0.25, 0.3) is 0 Å². The molecule has 1 amide bonds. The number of halogens is 1. The molecule has 0 saturated heterocycles. The maximum absolute atomic E-state index is 13.0. The number of anilines is 1. The Morgan fingerprint density at radius 1 is 1.59 bits per heavy atom. The summed E-state index contributed by atoms with van der Waals surface area (Å²) in [6.07, 6.45) is 0.234. The zero-order valence-corrected chi connectivity index (χ0v) is 9.40. The molecule has 0 aliphatic heterocycles. The van der Waals surface area contributed by atoms with E-state index in [4.69, 9.17) is 5.73 Å². The number of hydrogen-bond acceptors (Lipinski definition) is 3. The van der Waals surface area contributed by atoms with Crippen LogP contribution in [0.4, 0.5) is 10.3 Å². The Hall–Kier alpha value is -1.95. The summed E-state index contributed by atoms with van der Waals surface area (Å²) in [7, 11) is 1.76. The molecule has 0 radical (unpaired) electrons. The Labute approximate surface area is 97.4 Å². The number of hydrogen-bond donors (Lipinski definition) is 2. The summed E-state index contributed by atoms with van der Waals surface area (Å²) in [5.41, 5.74) is 6.55. The molecular formula is C11H13FN4O. The maximum atomic E-state index is 13.0. The number of imidazole rings is 1. The van der Waals surface area contributed by atoms with Gasteiger partial charge in [0.2, 0.25) is 11.9 Å². The summed E-state index contributed by atoms with van der Waals surface area (Å²) in [4.78, 5) is 15.5. The van der Waals surface area contributed by atoms with Crippen molar-refractivity contribution in [1.82, 2.24) is 9.55 Å². The number of nitrogens with one attached hydrogen (secondary N) is 1. The quantitative estimate of drug-likeness (QED) is 0.835. The molecule has 0 spiro atoms. The first-order valence-corrected chi connectivity index (χ1v) is 5.23. The molecule has 6 heteroatoms. The predicted octanol–water partition coefficient (Wildman–Crippen LogP) is 1.000. The molecule has 0 unspecified atom stereocenters. The summed E-state index contributed by atoms with van der Waals surface area (Å²) >= 11 is 0. The highest BCUT2D eigenvalue weighted by Crippen LogP contribution is 2.19. The second-order valence-corrected chi connectivity index (χ2v) is 3.71. The van der Waals surface area contributed by atoms with E-state index < -0.39 is 0 Å². The van der Waals surface area contributed by atoms with Gasteiger partial charge in [-0.3, -0.25) is 10.1 Å². The van der Waals surface area contributed by atoms with Crippen LogP contribution >= 0.6 is 0 Å². The lowest BCUT2D eigenvalue weighted by Gasteiger charge is -2.03. The molecule has 17 heavy (non-hydrogen) atoms. The van der Waals surface area contributed by atoms with E-state index in [1.54, 1.807) is 17.7 Å². The highest BCUT2D eigenvalue weighted by atomic mass is 19.1. The highest BCUT2D eigenvalue weighted by molar-refractivity contribution is 5.91. The first-order chi connectivity index (χ1) is 8.11. The molecule has 1 aromatic heterocycles. The van der Waals surface area contributed by atoms with Gasteiger partial charge in [0.05, 0.1) is 11.0 Å². The van der Waals surface area contributed by atoms with Gasteiger partial charge in [-0.1, -0.05) is 0 Å². The van der Waals surface area contributed by atoms with Crippen molar-refractivity contribution in [3.8, 4) is 0 Å². The molecule has 0 saturated carbocycles. The van der Waals surface area contributed by atoms with Crippen LogP contribution in [0.2, 0.25) is 0 Å². The van der Waals surface area contributed by atoms with Crippen molar-refractivity contribution in [3.05, 3.63) is 24.0 Å². The van der Waals surface area contributed by atoms with Crippen molar-refractivity contribution >= 4 is 22.9 Å². The largest absolute Gasteiger partial charge is 0.330 e. The van der Waals surface area contributed by atoms with E-state index in [1.165, 1.54) is 12.1 Å². The Morgan fingerprint density at radius 3 is 3.06 bits per heavy atom. The van der Waals surface area contributed by atoms with Gasteiger partial charge in [-0.05, 0) is 12.1 Å². The van der Waals surface area contributed by atoms with E-state index in [0.29, 0.717) is 11.5 Å². The predicted molar refractivity (Wildman–Crippen MR) is 63.0 cm³/mol. The van der Waals surface area contributed by atoms with Gasteiger partial charge in [0, 0.05) is 26.1 Å². The molecule has 0 aliphatic rings. The van der Waals surface area contributed by atoms with Crippen LogP contribution in [0.5, 0.6) is 0 Å². The normalized spacial score (nSPS) is 10.8. The molecule has 90 valence electrons. The average molecular weight is 236 g/mol. The van der Waals surface area contributed by atoms with E-state index in [9.17, 15) is 9.18 Å². The number of carbonyl (C=O) groups is 1. The van der Waals surface area contributed by atoms with Crippen LogP contribution in [-0.4, -0.2) is 22.0 Å². The van der Waals surface area contributed by atoms with Crippen molar-refractivity contribution < 1.29 is 9.18 Å². The standard InChI is InChI=1S/C11H13FN4O/c1-16-9-3-2-7(12)6-8(9)14-11(16)15-10(17)4-5-13/h2-3,6H,4-5,13H2,1H3,(H,14,15,17). The van der Waals surface area contributed by atoms with Crippen molar-refractivity contribution in [2.24, 2.45) is 12.8 Å². The van der Waals surface area contributed by atoms with E-state index >= 15 is 0 Å². The van der Waals surface area contributed by atoms with Gasteiger partial charge in [-0.15, -0.1) is 0 Å². The highest BCUT2D eigenvalue weighted by Gasteiger charge is 2.10. The lowest BCUT2D eigenvalue weighted by atomic mass is 10.3. The number of carbonyl (C=O) groups excluding carboxylic acids is 1. The third kappa shape index (κ3) is 2.26. The lowest BCUT2D eigenvalue weighted by Crippen LogP contribution is -2.18. The zero-order valence-electron chi connectivity index (χ0n) is 9.40. The fourth-order valence-electron chi connectivity index (χ4n) is 1.60. The van der Waals surface area contributed by atoms with E-state index in [2.05, 4.69) is 10.3 Å². The van der Waals surface area contributed by atoms with Crippen molar-refractivity contribution in [2.45, 2.75) is 6.42 Å². The van der Waals surface area contributed by atoms with Crippen molar-refractivity contribution in [3.63, 3.8) is 0 Å². The number of benzene rings is 1. The third-order valence-corrected chi connectivity index (χ3v) is 2.47. The third-order valence-electron chi connectivity index (χ3n) is 2.47. The molecule has 0 aliphatic carbocycles. The number of rotatable bonds is 3.